The molecule has 3 heteroatoms. The average Bonchev–Trinajstić information content (AvgIpc) is 2.65. The van der Waals surface area contributed by atoms with Crippen molar-refractivity contribution in [2.24, 2.45) is 0 Å². The number of hydrogen-bond donors (Lipinski definition) is 0. The molecule has 0 aliphatic heterocycles. The summed E-state index contributed by atoms with van der Waals surface area (Å²) in [4.78, 5) is 2.56. The van der Waals surface area contributed by atoms with Crippen molar-refractivity contribution in [3.05, 3.63) is 18.5 Å². The summed E-state index contributed by atoms with van der Waals surface area (Å²) in [7, 11) is 0. The van der Waals surface area contributed by atoms with E-state index in [1.807, 2.05) is 23.1 Å². The third-order valence-electron chi connectivity index (χ3n) is 3.04. The summed E-state index contributed by atoms with van der Waals surface area (Å²) in [6, 6.07) is 3.79. The topological polar surface area (TPSA) is 21.1 Å². The van der Waals surface area contributed by atoms with Crippen LogP contribution in [0.1, 0.15) is 41.0 Å². The minimum atomic E-state index is 0.601. The van der Waals surface area contributed by atoms with E-state index in [0.29, 0.717) is 18.1 Å². The highest BCUT2D eigenvalue weighted by atomic mass is 15.3. The smallest absolute Gasteiger partial charge is 0.0489 e. The molecule has 0 spiro atoms. The molecule has 16 heavy (non-hydrogen) atoms. The van der Waals surface area contributed by atoms with E-state index in [0.717, 1.165) is 13.0 Å². The maximum Gasteiger partial charge on any atom is 0.0489 e. The van der Waals surface area contributed by atoms with Crippen molar-refractivity contribution in [1.29, 1.82) is 0 Å². The first kappa shape index (κ1) is 13.2. The molecule has 92 valence electrons. The van der Waals surface area contributed by atoms with Gasteiger partial charge in [0.05, 0.1) is 0 Å². The van der Waals surface area contributed by atoms with Gasteiger partial charge in [0, 0.05) is 37.1 Å². The summed E-state index contributed by atoms with van der Waals surface area (Å²) >= 11 is 0. The zero-order valence-corrected chi connectivity index (χ0v) is 11.2. The third-order valence-corrected chi connectivity index (χ3v) is 3.04. The number of rotatable bonds is 6. The zero-order valence-electron chi connectivity index (χ0n) is 11.2. The van der Waals surface area contributed by atoms with Gasteiger partial charge in [-0.3, -0.25) is 9.58 Å². The van der Waals surface area contributed by atoms with Crippen LogP contribution in [0.5, 0.6) is 0 Å². The number of aromatic nitrogens is 2. The Hall–Kier alpha value is -0.830. The fourth-order valence-electron chi connectivity index (χ4n) is 2.52. The van der Waals surface area contributed by atoms with Gasteiger partial charge in [-0.05, 0) is 47.1 Å². The van der Waals surface area contributed by atoms with Gasteiger partial charge in [-0.1, -0.05) is 0 Å². The minimum Gasteiger partial charge on any atom is -0.296 e. The molecule has 0 aromatic carbocycles. The molecule has 0 bridgehead atoms. The van der Waals surface area contributed by atoms with Gasteiger partial charge in [-0.15, -0.1) is 0 Å². The molecule has 1 aromatic heterocycles. The molecule has 0 fully saturated rings. The van der Waals surface area contributed by atoms with Crippen LogP contribution in [0, 0.1) is 0 Å². The van der Waals surface area contributed by atoms with Crippen LogP contribution in [0.25, 0.3) is 0 Å². The molecule has 0 aliphatic carbocycles. The van der Waals surface area contributed by atoms with Crippen molar-refractivity contribution >= 4 is 0 Å². The van der Waals surface area contributed by atoms with Crippen LogP contribution in [-0.2, 0) is 6.54 Å². The Morgan fingerprint density at radius 2 is 1.75 bits per heavy atom. The summed E-state index contributed by atoms with van der Waals surface area (Å²) in [5.74, 6) is 0. The van der Waals surface area contributed by atoms with Gasteiger partial charge in [0.2, 0.25) is 0 Å². The van der Waals surface area contributed by atoms with Crippen LogP contribution in [-0.4, -0.2) is 32.8 Å². The Balaban J connectivity index is 2.46. The molecule has 0 N–H and O–H groups in total. The third kappa shape index (κ3) is 3.63. The zero-order chi connectivity index (χ0) is 12.1. The van der Waals surface area contributed by atoms with Gasteiger partial charge in [0.1, 0.15) is 0 Å². The largest absolute Gasteiger partial charge is 0.296 e. The molecule has 0 saturated heterocycles. The van der Waals surface area contributed by atoms with E-state index >= 15 is 0 Å². The van der Waals surface area contributed by atoms with E-state index in [-0.39, 0.29) is 0 Å². The van der Waals surface area contributed by atoms with Crippen molar-refractivity contribution in [2.45, 2.75) is 65.7 Å². The van der Waals surface area contributed by atoms with E-state index in [1.165, 1.54) is 0 Å². The maximum atomic E-state index is 4.24. The molecule has 3 nitrogen and oxygen atoms in total. The standard InChI is InChI=1S/C13H25N3/c1-11(2)16(12(3)4)13(5)7-10-15-9-6-8-14-15/h6,8-9,11-13H,7,10H2,1-5H3. The van der Waals surface area contributed by atoms with Gasteiger partial charge < -0.3 is 0 Å². The van der Waals surface area contributed by atoms with Gasteiger partial charge in [0.25, 0.3) is 0 Å². The van der Waals surface area contributed by atoms with E-state index < -0.39 is 0 Å². The molecule has 1 unspecified atom stereocenters. The fraction of sp³-hybridized carbons (Fsp3) is 0.769. The van der Waals surface area contributed by atoms with Crippen molar-refractivity contribution in [1.82, 2.24) is 14.7 Å². The quantitative estimate of drug-likeness (QED) is 0.739. The van der Waals surface area contributed by atoms with Gasteiger partial charge in [-0.2, -0.15) is 5.10 Å². The van der Waals surface area contributed by atoms with Gasteiger partial charge in [0.15, 0.2) is 0 Å². The molecule has 0 amide bonds. The SMILES string of the molecule is CC(C)N(C(C)C)C(C)CCn1cccn1. The van der Waals surface area contributed by atoms with Crippen LogP contribution < -0.4 is 0 Å². The molecule has 0 saturated carbocycles. The van der Waals surface area contributed by atoms with Crippen molar-refractivity contribution in [3.63, 3.8) is 0 Å². The lowest BCUT2D eigenvalue weighted by Crippen LogP contribution is -2.44. The lowest BCUT2D eigenvalue weighted by molar-refractivity contribution is 0.113. The maximum absolute atomic E-state index is 4.24. The lowest BCUT2D eigenvalue weighted by atomic mass is 10.1. The van der Waals surface area contributed by atoms with Crippen LogP contribution in [0.4, 0.5) is 0 Å². The summed E-state index contributed by atoms with van der Waals surface area (Å²) in [5.41, 5.74) is 0. The van der Waals surface area contributed by atoms with Gasteiger partial charge >= 0.3 is 0 Å². The van der Waals surface area contributed by atoms with Gasteiger partial charge in [-0.25, -0.2) is 0 Å². The van der Waals surface area contributed by atoms with E-state index in [4.69, 9.17) is 0 Å². The van der Waals surface area contributed by atoms with Crippen LogP contribution in [0.3, 0.4) is 0 Å². The average molecular weight is 223 g/mol. The molecular weight excluding hydrogens is 198 g/mol. The Kier molecular flexibility index (Phi) is 5.00. The summed E-state index contributed by atoms with van der Waals surface area (Å²) < 4.78 is 2.01. The molecule has 0 aliphatic rings. The molecule has 1 rings (SSSR count). The van der Waals surface area contributed by atoms with Crippen LogP contribution in [0.2, 0.25) is 0 Å². The molecular formula is C13H25N3. The summed E-state index contributed by atoms with van der Waals surface area (Å²) in [6.45, 7) is 12.4. The normalized spacial score (nSPS) is 14.0. The second kappa shape index (κ2) is 6.04. The first-order valence-electron chi connectivity index (χ1n) is 6.27. The van der Waals surface area contributed by atoms with E-state index in [9.17, 15) is 0 Å². The van der Waals surface area contributed by atoms with Crippen molar-refractivity contribution in [2.75, 3.05) is 0 Å². The van der Waals surface area contributed by atoms with Crippen LogP contribution >= 0.6 is 0 Å². The Bertz CT molecular complexity index is 269. The van der Waals surface area contributed by atoms with E-state index in [2.05, 4.69) is 44.6 Å². The highest BCUT2D eigenvalue weighted by Gasteiger charge is 2.19. The monoisotopic (exact) mass is 223 g/mol. The molecule has 1 heterocycles. The summed E-state index contributed by atoms with van der Waals surface area (Å²) in [5, 5.41) is 4.24. The first-order chi connectivity index (χ1) is 7.52. The Morgan fingerprint density at radius 3 is 2.19 bits per heavy atom. The predicted octanol–water partition coefficient (Wildman–Crippen LogP) is 2.78. The van der Waals surface area contributed by atoms with Crippen LogP contribution in [0.15, 0.2) is 18.5 Å². The number of aryl methyl sites for hydroxylation is 1. The van der Waals surface area contributed by atoms with Crippen molar-refractivity contribution < 1.29 is 0 Å². The molecule has 0 radical (unpaired) electrons. The molecule has 1 aromatic rings. The Morgan fingerprint density at radius 1 is 1.12 bits per heavy atom. The number of nitrogens with zero attached hydrogens (tertiary/aromatic N) is 3. The predicted molar refractivity (Wildman–Crippen MR) is 68.4 cm³/mol. The Labute approximate surface area is 99.4 Å². The lowest BCUT2D eigenvalue weighted by Gasteiger charge is -2.36. The second-order valence-corrected chi connectivity index (χ2v) is 5.04. The molecule has 1 atom stereocenters. The fourth-order valence-corrected chi connectivity index (χ4v) is 2.52. The highest BCUT2D eigenvalue weighted by molar-refractivity contribution is 4.79. The number of hydrogen-bond acceptors (Lipinski definition) is 2. The second-order valence-electron chi connectivity index (χ2n) is 5.04. The first-order valence-corrected chi connectivity index (χ1v) is 6.27. The van der Waals surface area contributed by atoms with E-state index in [1.54, 1.807) is 0 Å². The summed E-state index contributed by atoms with van der Waals surface area (Å²) in [6.07, 6.45) is 5.02. The van der Waals surface area contributed by atoms with Crippen molar-refractivity contribution in [3.8, 4) is 0 Å². The highest BCUT2D eigenvalue weighted by Crippen LogP contribution is 2.13. The minimum absolute atomic E-state index is 0.601.